The summed E-state index contributed by atoms with van der Waals surface area (Å²) in [6, 6.07) is 9.03. The summed E-state index contributed by atoms with van der Waals surface area (Å²) in [5.74, 6) is -0.618. The zero-order valence-electron chi connectivity index (χ0n) is 14.3. The minimum atomic E-state index is -0.544. The molecular formula is C19H23N3O2. The van der Waals surface area contributed by atoms with Crippen LogP contribution in [0.5, 0.6) is 0 Å². The Balaban J connectivity index is 2.58. The van der Waals surface area contributed by atoms with Gasteiger partial charge in [0.2, 0.25) is 11.8 Å². The maximum atomic E-state index is 12.2. The molecule has 2 aromatic rings. The van der Waals surface area contributed by atoms with E-state index in [0.29, 0.717) is 28.9 Å². The van der Waals surface area contributed by atoms with Crippen LogP contribution in [0.1, 0.15) is 47.8 Å². The summed E-state index contributed by atoms with van der Waals surface area (Å²) in [5, 5.41) is 2.94. The lowest BCUT2D eigenvalue weighted by atomic mass is 9.97. The largest absolute Gasteiger partial charge is 0.366 e. The molecule has 3 N–H and O–H groups in total. The molecule has 1 heterocycles. The molecule has 2 amide bonds. The number of nitrogens with two attached hydrogens (primary N) is 1. The number of carbonyl (C=O) groups is 2. The van der Waals surface area contributed by atoms with E-state index in [2.05, 4.69) is 10.3 Å². The fourth-order valence-corrected chi connectivity index (χ4v) is 2.56. The number of aryl methyl sites for hydroxylation is 2. The molecule has 0 fully saturated rings. The number of pyridine rings is 1. The molecule has 1 aromatic heterocycles. The quantitative estimate of drug-likeness (QED) is 0.851. The predicted molar refractivity (Wildman–Crippen MR) is 95.8 cm³/mol. The summed E-state index contributed by atoms with van der Waals surface area (Å²) >= 11 is 0. The van der Waals surface area contributed by atoms with Gasteiger partial charge in [0, 0.05) is 17.7 Å². The van der Waals surface area contributed by atoms with E-state index >= 15 is 0 Å². The standard InChI is InChI=1S/C19H23N3O2/c1-4-5-9-16(23)22-18-12(2)10-11-14(19(20)24)17(18)15-8-6-7-13(3)21-15/h6-8,10-11H,4-5,9H2,1-3H3,(H2,20,24)(H,22,23). The van der Waals surface area contributed by atoms with Crippen LogP contribution in [0.4, 0.5) is 5.69 Å². The third-order valence-corrected chi connectivity index (χ3v) is 3.85. The Hall–Kier alpha value is -2.69. The normalized spacial score (nSPS) is 10.5. The molecular weight excluding hydrogens is 302 g/mol. The van der Waals surface area contributed by atoms with Crippen LogP contribution in [-0.4, -0.2) is 16.8 Å². The van der Waals surface area contributed by atoms with Crippen molar-refractivity contribution in [1.29, 1.82) is 0 Å². The zero-order chi connectivity index (χ0) is 17.7. The van der Waals surface area contributed by atoms with Crippen molar-refractivity contribution in [2.75, 3.05) is 5.32 Å². The van der Waals surface area contributed by atoms with E-state index in [1.54, 1.807) is 12.1 Å². The van der Waals surface area contributed by atoms with E-state index in [1.165, 1.54) is 0 Å². The minimum absolute atomic E-state index is 0.0736. The highest BCUT2D eigenvalue weighted by Gasteiger charge is 2.19. The minimum Gasteiger partial charge on any atom is -0.366 e. The van der Waals surface area contributed by atoms with Crippen molar-refractivity contribution >= 4 is 17.5 Å². The van der Waals surface area contributed by atoms with Gasteiger partial charge in [0.15, 0.2) is 0 Å². The number of benzene rings is 1. The molecule has 0 aliphatic heterocycles. The van der Waals surface area contributed by atoms with Gasteiger partial charge < -0.3 is 11.1 Å². The van der Waals surface area contributed by atoms with E-state index < -0.39 is 5.91 Å². The van der Waals surface area contributed by atoms with Gasteiger partial charge >= 0.3 is 0 Å². The van der Waals surface area contributed by atoms with Crippen LogP contribution in [0.3, 0.4) is 0 Å². The molecule has 24 heavy (non-hydrogen) atoms. The van der Waals surface area contributed by atoms with Gasteiger partial charge in [-0.15, -0.1) is 0 Å². The summed E-state index contributed by atoms with van der Waals surface area (Å²) < 4.78 is 0. The molecule has 1 aromatic carbocycles. The molecule has 0 aliphatic carbocycles. The molecule has 0 radical (unpaired) electrons. The number of carbonyl (C=O) groups excluding carboxylic acids is 2. The summed E-state index contributed by atoms with van der Waals surface area (Å²) in [6.45, 7) is 5.80. The molecule has 0 saturated carbocycles. The van der Waals surface area contributed by atoms with Crippen LogP contribution in [-0.2, 0) is 4.79 Å². The first kappa shape index (κ1) is 17.7. The number of anilines is 1. The number of unbranched alkanes of at least 4 members (excludes halogenated alkanes) is 1. The third-order valence-electron chi connectivity index (χ3n) is 3.85. The van der Waals surface area contributed by atoms with Crippen molar-refractivity contribution in [2.45, 2.75) is 40.0 Å². The molecule has 5 heteroatoms. The van der Waals surface area contributed by atoms with Crippen LogP contribution in [0.25, 0.3) is 11.3 Å². The lowest BCUT2D eigenvalue weighted by Crippen LogP contribution is -2.17. The monoisotopic (exact) mass is 325 g/mol. The second-order valence-electron chi connectivity index (χ2n) is 5.86. The number of amides is 2. The molecule has 0 spiro atoms. The molecule has 0 bridgehead atoms. The van der Waals surface area contributed by atoms with Gasteiger partial charge in [0.05, 0.1) is 16.9 Å². The number of aromatic nitrogens is 1. The first-order valence-corrected chi connectivity index (χ1v) is 8.11. The van der Waals surface area contributed by atoms with E-state index in [1.807, 2.05) is 39.0 Å². The van der Waals surface area contributed by atoms with Crippen LogP contribution >= 0.6 is 0 Å². The Morgan fingerprint density at radius 3 is 2.54 bits per heavy atom. The number of hydrogen-bond donors (Lipinski definition) is 2. The van der Waals surface area contributed by atoms with Crippen LogP contribution < -0.4 is 11.1 Å². The Kier molecular flexibility index (Phi) is 5.68. The molecule has 0 unspecified atom stereocenters. The third kappa shape index (κ3) is 3.98. The van der Waals surface area contributed by atoms with Crippen molar-refractivity contribution in [3.63, 3.8) is 0 Å². The number of primary amides is 1. The number of rotatable bonds is 6. The van der Waals surface area contributed by atoms with Gasteiger partial charge in [-0.3, -0.25) is 14.6 Å². The summed E-state index contributed by atoms with van der Waals surface area (Å²) in [5.41, 5.74) is 9.39. The predicted octanol–water partition coefficient (Wildman–Crippen LogP) is 3.59. The molecule has 126 valence electrons. The SMILES string of the molecule is CCCCC(=O)Nc1c(C)ccc(C(N)=O)c1-c1cccc(C)n1. The highest BCUT2D eigenvalue weighted by Crippen LogP contribution is 2.33. The molecule has 0 aliphatic rings. The molecule has 0 atom stereocenters. The zero-order valence-corrected chi connectivity index (χ0v) is 14.3. The van der Waals surface area contributed by atoms with Gasteiger partial charge in [-0.25, -0.2) is 0 Å². The van der Waals surface area contributed by atoms with E-state index in [-0.39, 0.29) is 5.91 Å². The van der Waals surface area contributed by atoms with Gasteiger partial charge in [0.1, 0.15) is 0 Å². The van der Waals surface area contributed by atoms with E-state index in [0.717, 1.165) is 24.1 Å². The molecule has 2 rings (SSSR count). The Morgan fingerprint density at radius 2 is 1.92 bits per heavy atom. The first-order chi connectivity index (χ1) is 11.4. The molecule has 5 nitrogen and oxygen atoms in total. The van der Waals surface area contributed by atoms with Crippen molar-refractivity contribution in [1.82, 2.24) is 4.98 Å². The van der Waals surface area contributed by atoms with Crippen molar-refractivity contribution in [3.8, 4) is 11.3 Å². The topological polar surface area (TPSA) is 85.1 Å². The summed E-state index contributed by atoms with van der Waals surface area (Å²) in [6.07, 6.45) is 2.20. The average Bonchev–Trinajstić information content (AvgIpc) is 2.54. The van der Waals surface area contributed by atoms with Crippen LogP contribution in [0.15, 0.2) is 30.3 Å². The summed E-state index contributed by atoms with van der Waals surface area (Å²) in [4.78, 5) is 28.6. The Bertz CT molecular complexity index is 769. The second kappa shape index (κ2) is 7.73. The average molecular weight is 325 g/mol. The van der Waals surface area contributed by atoms with Crippen molar-refractivity contribution < 1.29 is 9.59 Å². The van der Waals surface area contributed by atoms with Crippen molar-refractivity contribution in [2.24, 2.45) is 5.73 Å². The second-order valence-corrected chi connectivity index (χ2v) is 5.86. The molecule has 0 saturated heterocycles. The van der Waals surface area contributed by atoms with Gasteiger partial charge in [-0.05, 0) is 44.0 Å². The smallest absolute Gasteiger partial charge is 0.249 e. The Labute approximate surface area is 142 Å². The summed E-state index contributed by atoms with van der Waals surface area (Å²) in [7, 11) is 0. The highest BCUT2D eigenvalue weighted by atomic mass is 16.2. The van der Waals surface area contributed by atoms with E-state index in [4.69, 9.17) is 5.73 Å². The number of hydrogen-bond acceptors (Lipinski definition) is 3. The number of nitrogens with zero attached hydrogens (tertiary/aromatic N) is 1. The lowest BCUT2D eigenvalue weighted by Gasteiger charge is -2.17. The van der Waals surface area contributed by atoms with Crippen LogP contribution in [0, 0.1) is 13.8 Å². The maximum absolute atomic E-state index is 12.2. The maximum Gasteiger partial charge on any atom is 0.249 e. The fraction of sp³-hybridized carbons (Fsp3) is 0.316. The van der Waals surface area contributed by atoms with E-state index in [9.17, 15) is 9.59 Å². The van der Waals surface area contributed by atoms with Crippen LogP contribution in [0.2, 0.25) is 0 Å². The van der Waals surface area contributed by atoms with Gasteiger partial charge in [-0.1, -0.05) is 25.5 Å². The fourth-order valence-electron chi connectivity index (χ4n) is 2.56. The lowest BCUT2D eigenvalue weighted by molar-refractivity contribution is -0.116. The van der Waals surface area contributed by atoms with Crippen molar-refractivity contribution in [3.05, 3.63) is 47.2 Å². The number of nitrogens with one attached hydrogen (secondary N) is 1. The van der Waals surface area contributed by atoms with Gasteiger partial charge in [0.25, 0.3) is 0 Å². The highest BCUT2D eigenvalue weighted by molar-refractivity contribution is 6.06. The Morgan fingerprint density at radius 1 is 1.17 bits per heavy atom. The first-order valence-electron chi connectivity index (χ1n) is 8.11. The van der Waals surface area contributed by atoms with Gasteiger partial charge in [-0.2, -0.15) is 0 Å².